The van der Waals surface area contributed by atoms with Crippen LogP contribution in [-0.4, -0.2) is 73.4 Å². The summed E-state index contributed by atoms with van der Waals surface area (Å²) in [5.74, 6) is -0.569. The van der Waals surface area contributed by atoms with Crippen molar-refractivity contribution >= 4 is 27.5 Å². The van der Waals surface area contributed by atoms with Gasteiger partial charge in [-0.05, 0) is 51.0 Å². The second-order valence-electron chi connectivity index (χ2n) is 11.2. The van der Waals surface area contributed by atoms with Crippen molar-refractivity contribution in [3.63, 3.8) is 0 Å². The Morgan fingerprint density at radius 3 is 2.48 bits per heavy atom. The molecule has 40 heavy (non-hydrogen) atoms. The highest BCUT2D eigenvalue weighted by Crippen LogP contribution is 2.36. The van der Waals surface area contributed by atoms with Gasteiger partial charge in [-0.3, -0.25) is 9.59 Å². The summed E-state index contributed by atoms with van der Waals surface area (Å²) in [5.41, 5.74) is 1.62. The van der Waals surface area contributed by atoms with Gasteiger partial charge in [0.15, 0.2) is 5.75 Å². The third-order valence-electron chi connectivity index (χ3n) is 8.09. The molecule has 3 atom stereocenters. The molecule has 4 rings (SSSR count). The van der Waals surface area contributed by atoms with Crippen molar-refractivity contribution in [3.05, 3.63) is 53.6 Å². The number of ether oxygens (including phenoxy) is 1. The molecule has 2 aromatic carbocycles. The SMILES string of the molecule is Cc1ccc(S(=O)(=O)N(C)C[C@H]2Oc3c(NC(=O)C4CCCCC4)cccc3C(=O)N([C@H](C)CO)C[C@H]2C)cc1. The van der Waals surface area contributed by atoms with E-state index in [9.17, 15) is 23.1 Å². The summed E-state index contributed by atoms with van der Waals surface area (Å²) in [7, 11) is -2.29. The minimum absolute atomic E-state index is 0.0251. The molecule has 0 saturated heterocycles. The first-order chi connectivity index (χ1) is 19.0. The number of aryl methyl sites for hydroxylation is 1. The second kappa shape index (κ2) is 12.7. The fourth-order valence-corrected chi connectivity index (χ4v) is 6.58. The average molecular weight is 572 g/mol. The number of sulfonamides is 1. The summed E-state index contributed by atoms with van der Waals surface area (Å²) in [6, 6.07) is 11.3. The molecule has 218 valence electrons. The van der Waals surface area contributed by atoms with Gasteiger partial charge in [-0.2, -0.15) is 4.31 Å². The van der Waals surface area contributed by atoms with Crippen LogP contribution in [0.5, 0.6) is 5.75 Å². The van der Waals surface area contributed by atoms with Crippen molar-refractivity contribution in [1.29, 1.82) is 0 Å². The second-order valence-corrected chi connectivity index (χ2v) is 13.3. The molecule has 1 fully saturated rings. The van der Waals surface area contributed by atoms with Crippen molar-refractivity contribution in [2.75, 3.05) is 32.1 Å². The van der Waals surface area contributed by atoms with Gasteiger partial charge in [0.1, 0.15) is 6.10 Å². The van der Waals surface area contributed by atoms with Gasteiger partial charge in [-0.1, -0.05) is 49.9 Å². The number of para-hydroxylation sites is 1. The highest BCUT2D eigenvalue weighted by Gasteiger charge is 2.36. The van der Waals surface area contributed by atoms with Gasteiger partial charge < -0.3 is 20.1 Å². The number of hydrogen-bond acceptors (Lipinski definition) is 6. The number of likely N-dealkylation sites (N-methyl/N-ethyl adjacent to an activating group) is 1. The Kier molecular flexibility index (Phi) is 9.53. The Balaban J connectivity index is 1.69. The predicted molar refractivity (Wildman–Crippen MR) is 154 cm³/mol. The molecular formula is C30H41N3O6S. The Bertz CT molecular complexity index is 1310. The first-order valence-corrected chi connectivity index (χ1v) is 15.5. The number of nitrogens with zero attached hydrogens (tertiary/aromatic N) is 2. The molecule has 0 spiro atoms. The summed E-state index contributed by atoms with van der Waals surface area (Å²) in [5, 5.41) is 12.9. The van der Waals surface area contributed by atoms with Crippen LogP contribution < -0.4 is 10.1 Å². The number of amides is 2. The van der Waals surface area contributed by atoms with E-state index in [1.165, 1.54) is 11.4 Å². The van der Waals surface area contributed by atoms with E-state index in [4.69, 9.17) is 4.74 Å². The summed E-state index contributed by atoms with van der Waals surface area (Å²) >= 11 is 0. The number of fused-ring (bicyclic) bond motifs is 1. The lowest BCUT2D eigenvalue weighted by atomic mass is 9.88. The maximum atomic E-state index is 13.7. The Hall–Kier alpha value is -2.95. The van der Waals surface area contributed by atoms with Crippen molar-refractivity contribution in [3.8, 4) is 5.75 Å². The van der Waals surface area contributed by atoms with Crippen LogP contribution in [0.3, 0.4) is 0 Å². The van der Waals surface area contributed by atoms with Crippen LogP contribution >= 0.6 is 0 Å². The van der Waals surface area contributed by atoms with E-state index in [2.05, 4.69) is 5.32 Å². The zero-order valence-electron chi connectivity index (χ0n) is 23.8. The van der Waals surface area contributed by atoms with E-state index in [0.29, 0.717) is 5.69 Å². The Morgan fingerprint density at radius 1 is 1.15 bits per heavy atom. The molecule has 2 aliphatic rings. The van der Waals surface area contributed by atoms with Gasteiger partial charge in [-0.15, -0.1) is 0 Å². The molecule has 1 saturated carbocycles. The van der Waals surface area contributed by atoms with Gasteiger partial charge >= 0.3 is 0 Å². The van der Waals surface area contributed by atoms with Crippen LogP contribution in [-0.2, 0) is 14.8 Å². The molecule has 0 bridgehead atoms. The minimum atomic E-state index is -3.80. The van der Waals surface area contributed by atoms with Crippen molar-refractivity contribution in [2.45, 2.75) is 69.9 Å². The third-order valence-corrected chi connectivity index (χ3v) is 9.93. The summed E-state index contributed by atoms with van der Waals surface area (Å²) in [6.07, 6.45) is 4.15. The average Bonchev–Trinajstić information content (AvgIpc) is 2.95. The van der Waals surface area contributed by atoms with Crippen LogP contribution in [0.25, 0.3) is 0 Å². The number of anilines is 1. The molecule has 0 aromatic heterocycles. The fraction of sp³-hybridized carbons (Fsp3) is 0.533. The van der Waals surface area contributed by atoms with Crippen LogP contribution in [0.1, 0.15) is 61.9 Å². The van der Waals surface area contributed by atoms with Gasteiger partial charge in [0.2, 0.25) is 15.9 Å². The smallest absolute Gasteiger partial charge is 0.258 e. The number of aliphatic hydroxyl groups excluding tert-OH is 1. The maximum absolute atomic E-state index is 13.7. The summed E-state index contributed by atoms with van der Waals surface area (Å²) in [4.78, 5) is 28.6. The first-order valence-electron chi connectivity index (χ1n) is 14.1. The lowest BCUT2D eigenvalue weighted by molar-refractivity contribution is -0.120. The van der Waals surface area contributed by atoms with Gasteiger partial charge in [0.25, 0.3) is 5.91 Å². The number of rotatable bonds is 8. The van der Waals surface area contributed by atoms with Gasteiger partial charge in [0, 0.05) is 25.4 Å². The van der Waals surface area contributed by atoms with E-state index in [1.54, 1.807) is 54.3 Å². The largest absolute Gasteiger partial charge is 0.486 e. The molecule has 1 aliphatic carbocycles. The van der Waals surface area contributed by atoms with Crippen molar-refractivity contribution in [1.82, 2.24) is 9.21 Å². The zero-order chi connectivity index (χ0) is 29.0. The topological polar surface area (TPSA) is 116 Å². The van der Waals surface area contributed by atoms with E-state index in [1.807, 2.05) is 13.8 Å². The van der Waals surface area contributed by atoms with E-state index in [-0.39, 0.29) is 59.6 Å². The lowest BCUT2D eigenvalue weighted by Crippen LogP contribution is -2.50. The van der Waals surface area contributed by atoms with Crippen LogP contribution in [0.4, 0.5) is 5.69 Å². The molecule has 9 nitrogen and oxygen atoms in total. The molecule has 0 unspecified atom stereocenters. The minimum Gasteiger partial charge on any atom is -0.486 e. The standard InChI is InChI=1S/C30H41N3O6S/c1-20-13-15-24(16-14-20)40(37,38)32(4)18-27-21(2)17-33(22(3)19-34)30(36)25-11-8-12-26(28(25)39-27)31-29(35)23-9-6-5-7-10-23/h8,11-16,21-23,27,34H,5-7,9-10,17-19H2,1-4H3,(H,31,35)/t21-,22-,27-/m1/s1. The monoisotopic (exact) mass is 571 g/mol. The zero-order valence-corrected chi connectivity index (χ0v) is 24.6. The number of benzene rings is 2. The molecule has 1 aliphatic heterocycles. The van der Waals surface area contributed by atoms with E-state index in [0.717, 1.165) is 37.7 Å². The van der Waals surface area contributed by atoms with E-state index >= 15 is 0 Å². The predicted octanol–water partition coefficient (Wildman–Crippen LogP) is 4.05. The number of hydrogen-bond donors (Lipinski definition) is 2. The third kappa shape index (κ3) is 6.50. The lowest BCUT2D eigenvalue weighted by Gasteiger charge is -2.38. The fourth-order valence-electron chi connectivity index (χ4n) is 5.40. The van der Waals surface area contributed by atoms with Crippen molar-refractivity contribution in [2.24, 2.45) is 11.8 Å². The Morgan fingerprint density at radius 2 is 1.82 bits per heavy atom. The molecule has 1 heterocycles. The quantitative estimate of drug-likeness (QED) is 0.494. The first kappa shape index (κ1) is 30.0. The van der Waals surface area contributed by atoms with Gasteiger partial charge in [0.05, 0.1) is 35.3 Å². The van der Waals surface area contributed by atoms with Crippen LogP contribution in [0.2, 0.25) is 0 Å². The van der Waals surface area contributed by atoms with Gasteiger partial charge in [-0.25, -0.2) is 8.42 Å². The summed E-state index contributed by atoms with van der Waals surface area (Å²) in [6.45, 7) is 5.63. The molecule has 0 radical (unpaired) electrons. The normalized spacial score (nSPS) is 21.2. The number of carbonyl (C=O) groups excluding carboxylic acids is 2. The molecule has 10 heteroatoms. The molecule has 2 aromatic rings. The highest BCUT2D eigenvalue weighted by atomic mass is 32.2. The summed E-state index contributed by atoms with van der Waals surface area (Å²) < 4.78 is 34.6. The van der Waals surface area contributed by atoms with Crippen LogP contribution in [0, 0.1) is 18.8 Å². The number of aliphatic hydroxyl groups is 1. The maximum Gasteiger partial charge on any atom is 0.258 e. The van der Waals surface area contributed by atoms with Crippen LogP contribution in [0.15, 0.2) is 47.4 Å². The molecule has 2 amide bonds. The number of nitrogens with one attached hydrogen (secondary N) is 1. The highest BCUT2D eigenvalue weighted by molar-refractivity contribution is 7.89. The van der Waals surface area contributed by atoms with E-state index < -0.39 is 22.2 Å². The van der Waals surface area contributed by atoms with Crippen molar-refractivity contribution < 1.29 is 27.9 Å². The Labute approximate surface area is 237 Å². The molecular weight excluding hydrogens is 530 g/mol. The number of carbonyl (C=O) groups is 2. The molecule has 2 N–H and O–H groups in total.